The quantitative estimate of drug-likeness (QED) is 0.845. The van der Waals surface area contributed by atoms with Gasteiger partial charge in [0.2, 0.25) is 0 Å². The molecule has 0 amide bonds. The maximum Gasteiger partial charge on any atom is 0.266 e. The van der Waals surface area contributed by atoms with Crippen molar-refractivity contribution in [2.45, 2.75) is 13.0 Å². The van der Waals surface area contributed by atoms with Gasteiger partial charge in [-0.2, -0.15) is 16.4 Å². The van der Waals surface area contributed by atoms with E-state index in [-0.39, 0.29) is 5.56 Å². The van der Waals surface area contributed by atoms with E-state index in [0.717, 1.165) is 6.42 Å². The molecule has 2 aromatic heterocycles. The second-order valence-electron chi connectivity index (χ2n) is 3.20. The molecular weight excluding hydrogens is 210 g/mol. The fourth-order valence-electron chi connectivity index (χ4n) is 1.29. The van der Waals surface area contributed by atoms with E-state index in [1.54, 1.807) is 11.3 Å². The lowest BCUT2D eigenvalue weighted by Crippen LogP contribution is -2.23. The Morgan fingerprint density at radius 1 is 1.40 bits per heavy atom. The highest BCUT2D eigenvalue weighted by Gasteiger charge is 1.99. The van der Waals surface area contributed by atoms with Gasteiger partial charge in [0.05, 0.1) is 0 Å². The first-order valence-electron chi connectivity index (χ1n) is 4.60. The number of nitrogens with two attached hydrogens (primary N) is 1. The van der Waals surface area contributed by atoms with E-state index >= 15 is 0 Å². The Hall–Kier alpha value is -1.62. The molecule has 2 rings (SSSR count). The number of anilines is 1. The Labute approximate surface area is 91.0 Å². The number of thiophene rings is 1. The fourth-order valence-corrected chi connectivity index (χ4v) is 2.00. The Morgan fingerprint density at radius 2 is 2.27 bits per heavy atom. The predicted octanol–water partition coefficient (Wildman–Crippen LogP) is 1.13. The lowest BCUT2D eigenvalue weighted by atomic mass is 10.2. The van der Waals surface area contributed by atoms with Crippen molar-refractivity contribution in [1.29, 1.82) is 0 Å². The summed E-state index contributed by atoms with van der Waals surface area (Å²) in [6.07, 6.45) is 0.805. The van der Waals surface area contributed by atoms with E-state index in [1.807, 2.05) is 11.4 Å². The van der Waals surface area contributed by atoms with E-state index in [2.05, 4.69) is 10.5 Å². The Morgan fingerprint density at radius 3 is 3.00 bits per heavy atom. The number of rotatable bonds is 3. The Balaban J connectivity index is 2.11. The minimum absolute atomic E-state index is 0.112. The SMILES string of the molecule is Nc1ccc(=O)n(CCc2ccsc2)n1. The molecule has 5 heteroatoms. The zero-order chi connectivity index (χ0) is 10.7. The molecule has 0 aliphatic heterocycles. The van der Waals surface area contributed by atoms with Crippen LogP contribution in [0.15, 0.2) is 33.8 Å². The summed E-state index contributed by atoms with van der Waals surface area (Å²) in [5.74, 6) is 0.375. The first-order valence-corrected chi connectivity index (χ1v) is 5.55. The molecule has 0 atom stereocenters. The smallest absolute Gasteiger partial charge is 0.266 e. The standard InChI is InChI=1S/C10H11N3OS/c11-9-1-2-10(14)13(12-9)5-3-8-4-6-15-7-8/h1-2,4,6-7H,3,5H2,(H2,11,12). The zero-order valence-electron chi connectivity index (χ0n) is 8.09. The van der Waals surface area contributed by atoms with Gasteiger partial charge in [-0.25, -0.2) is 4.68 Å². The van der Waals surface area contributed by atoms with Gasteiger partial charge in [-0.1, -0.05) is 0 Å². The van der Waals surface area contributed by atoms with Crippen molar-refractivity contribution in [3.63, 3.8) is 0 Å². The van der Waals surface area contributed by atoms with E-state index in [4.69, 9.17) is 5.73 Å². The van der Waals surface area contributed by atoms with Gasteiger partial charge in [0.25, 0.3) is 5.56 Å². The highest BCUT2D eigenvalue weighted by molar-refractivity contribution is 7.07. The van der Waals surface area contributed by atoms with E-state index < -0.39 is 0 Å². The van der Waals surface area contributed by atoms with Crippen LogP contribution in [0.2, 0.25) is 0 Å². The molecule has 0 saturated heterocycles. The molecule has 2 heterocycles. The number of nitrogen functional groups attached to an aromatic ring is 1. The molecule has 0 radical (unpaired) electrons. The summed E-state index contributed by atoms with van der Waals surface area (Å²) < 4.78 is 1.40. The monoisotopic (exact) mass is 221 g/mol. The minimum atomic E-state index is -0.112. The highest BCUT2D eigenvalue weighted by Crippen LogP contribution is 2.06. The van der Waals surface area contributed by atoms with E-state index in [0.29, 0.717) is 12.4 Å². The second-order valence-corrected chi connectivity index (χ2v) is 3.98. The summed E-state index contributed by atoms with van der Waals surface area (Å²) in [6, 6.07) is 5.00. The van der Waals surface area contributed by atoms with Gasteiger partial charge in [0.1, 0.15) is 5.82 Å². The van der Waals surface area contributed by atoms with Crippen molar-refractivity contribution >= 4 is 17.2 Å². The van der Waals surface area contributed by atoms with Gasteiger partial charge in [-0.3, -0.25) is 4.79 Å². The van der Waals surface area contributed by atoms with Gasteiger partial charge < -0.3 is 5.73 Å². The number of aromatic nitrogens is 2. The minimum Gasteiger partial charge on any atom is -0.382 e. The summed E-state index contributed by atoms with van der Waals surface area (Å²) in [5.41, 5.74) is 6.61. The van der Waals surface area contributed by atoms with Crippen LogP contribution in [0.3, 0.4) is 0 Å². The van der Waals surface area contributed by atoms with Crippen LogP contribution in [0.1, 0.15) is 5.56 Å². The van der Waals surface area contributed by atoms with Crippen LogP contribution in [0.5, 0.6) is 0 Å². The number of nitrogens with zero attached hydrogens (tertiary/aromatic N) is 2. The third-order valence-electron chi connectivity index (χ3n) is 2.08. The van der Waals surface area contributed by atoms with Crippen LogP contribution in [0.25, 0.3) is 0 Å². The van der Waals surface area contributed by atoms with E-state index in [9.17, 15) is 4.79 Å². The fraction of sp³-hybridized carbons (Fsp3) is 0.200. The van der Waals surface area contributed by atoms with Gasteiger partial charge in [0.15, 0.2) is 0 Å². The van der Waals surface area contributed by atoms with Crippen molar-refractivity contribution in [2.75, 3.05) is 5.73 Å². The third kappa shape index (κ3) is 2.44. The average Bonchev–Trinajstić information content (AvgIpc) is 2.72. The zero-order valence-corrected chi connectivity index (χ0v) is 8.91. The lowest BCUT2D eigenvalue weighted by molar-refractivity contribution is 0.582. The molecule has 0 spiro atoms. The number of aryl methyl sites for hydroxylation is 2. The largest absolute Gasteiger partial charge is 0.382 e. The molecule has 0 bridgehead atoms. The molecule has 0 unspecified atom stereocenters. The summed E-state index contributed by atoms with van der Waals surface area (Å²) in [5, 5.41) is 8.04. The molecule has 15 heavy (non-hydrogen) atoms. The van der Waals surface area contributed by atoms with Gasteiger partial charge in [-0.05, 0) is 34.9 Å². The van der Waals surface area contributed by atoms with E-state index in [1.165, 1.54) is 22.4 Å². The molecule has 0 aliphatic rings. The molecule has 4 nitrogen and oxygen atoms in total. The Kier molecular flexibility index (Phi) is 2.82. The lowest BCUT2D eigenvalue weighted by Gasteiger charge is -2.03. The van der Waals surface area contributed by atoms with Crippen molar-refractivity contribution in [1.82, 2.24) is 9.78 Å². The van der Waals surface area contributed by atoms with Crippen LogP contribution in [-0.2, 0) is 13.0 Å². The molecule has 78 valence electrons. The number of hydrogen-bond donors (Lipinski definition) is 1. The van der Waals surface area contributed by atoms with Crippen LogP contribution in [0.4, 0.5) is 5.82 Å². The van der Waals surface area contributed by atoms with Gasteiger partial charge >= 0.3 is 0 Å². The highest BCUT2D eigenvalue weighted by atomic mass is 32.1. The second kappa shape index (κ2) is 4.27. The van der Waals surface area contributed by atoms with Crippen molar-refractivity contribution in [2.24, 2.45) is 0 Å². The molecule has 0 aromatic carbocycles. The molecule has 0 fully saturated rings. The van der Waals surface area contributed by atoms with Crippen LogP contribution < -0.4 is 11.3 Å². The molecule has 2 N–H and O–H groups in total. The number of hydrogen-bond acceptors (Lipinski definition) is 4. The topological polar surface area (TPSA) is 60.9 Å². The first kappa shape index (κ1) is 9.92. The van der Waals surface area contributed by atoms with Crippen LogP contribution >= 0.6 is 11.3 Å². The van der Waals surface area contributed by atoms with Crippen LogP contribution in [-0.4, -0.2) is 9.78 Å². The van der Waals surface area contributed by atoms with Gasteiger partial charge in [0, 0.05) is 12.6 Å². The molecule has 0 saturated carbocycles. The first-order chi connectivity index (χ1) is 7.25. The third-order valence-corrected chi connectivity index (χ3v) is 2.81. The van der Waals surface area contributed by atoms with Crippen LogP contribution in [0, 0.1) is 0 Å². The summed E-state index contributed by atoms with van der Waals surface area (Å²) in [7, 11) is 0. The maximum absolute atomic E-state index is 11.4. The summed E-state index contributed by atoms with van der Waals surface area (Å²) in [6.45, 7) is 0.570. The summed E-state index contributed by atoms with van der Waals surface area (Å²) >= 11 is 1.65. The van der Waals surface area contributed by atoms with Crippen molar-refractivity contribution < 1.29 is 0 Å². The molecular formula is C10H11N3OS. The Bertz CT molecular complexity index is 490. The normalized spacial score (nSPS) is 10.4. The average molecular weight is 221 g/mol. The van der Waals surface area contributed by atoms with Gasteiger partial charge in [-0.15, -0.1) is 0 Å². The molecule has 0 aliphatic carbocycles. The maximum atomic E-state index is 11.4. The van der Waals surface area contributed by atoms with Crippen molar-refractivity contribution in [3.8, 4) is 0 Å². The summed E-state index contributed by atoms with van der Waals surface area (Å²) in [4.78, 5) is 11.4. The predicted molar refractivity (Wildman–Crippen MR) is 60.9 cm³/mol. The molecule has 2 aromatic rings. The van der Waals surface area contributed by atoms with Crippen molar-refractivity contribution in [3.05, 3.63) is 44.9 Å².